The van der Waals surface area contributed by atoms with E-state index in [0.717, 1.165) is 12.8 Å². The maximum absolute atomic E-state index is 10.2. The summed E-state index contributed by atoms with van der Waals surface area (Å²) in [6.45, 7) is 0. The molecule has 1 radical (unpaired) electrons. The van der Waals surface area contributed by atoms with Gasteiger partial charge in [0, 0.05) is 6.04 Å². The smallest absolute Gasteiger partial charge is 0.333 e. The van der Waals surface area contributed by atoms with E-state index in [9.17, 15) is 4.79 Å². The van der Waals surface area contributed by atoms with Crippen LogP contribution in [0.25, 0.3) is 0 Å². The molecule has 0 bridgehead atoms. The molecule has 0 aromatic carbocycles. The van der Waals surface area contributed by atoms with E-state index >= 15 is 0 Å². The summed E-state index contributed by atoms with van der Waals surface area (Å²) in [5.74, 6) is 0. The molecule has 0 spiro atoms. The summed E-state index contributed by atoms with van der Waals surface area (Å²) in [5, 5.41) is 2.57. The van der Waals surface area contributed by atoms with E-state index < -0.39 is 6.03 Å². The normalized spacial score (nSPS) is 20.0. The second kappa shape index (κ2) is 2.71. The molecule has 9 heavy (non-hydrogen) atoms. The molecule has 0 atom stereocenters. The molecule has 3 heteroatoms. The van der Waals surface area contributed by atoms with Gasteiger partial charge < -0.3 is 5.32 Å². The summed E-state index contributed by atoms with van der Waals surface area (Å²) < 4.78 is 0. The van der Waals surface area contributed by atoms with Gasteiger partial charge in [-0.15, -0.1) is 0 Å². The van der Waals surface area contributed by atoms with Crippen LogP contribution < -0.4 is 11.1 Å². The third kappa shape index (κ3) is 1.91. The predicted octanol–water partition coefficient (Wildman–Crippen LogP) is 0.921. The van der Waals surface area contributed by atoms with Crippen molar-refractivity contribution in [3.8, 4) is 0 Å². The predicted molar refractivity (Wildman–Crippen MR) is 33.9 cm³/mol. The summed E-state index contributed by atoms with van der Waals surface area (Å²) in [6, 6.07) is -0.336. The molecule has 1 aliphatic rings. The highest BCUT2D eigenvalue weighted by molar-refractivity contribution is 5.71. The molecule has 0 saturated heterocycles. The van der Waals surface area contributed by atoms with E-state index in [0.29, 0.717) is 6.04 Å². The fourth-order valence-corrected chi connectivity index (χ4v) is 1.26. The van der Waals surface area contributed by atoms with Crippen LogP contribution in [0, 0.1) is 0 Å². The summed E-state index contributed by atoms with van der Waals surface area (Å²) in [4.78, 5) is 10.2. The van der Waals surface area contributed by atoms with Gasteiger partial charge in [0.1, 0.15) is 0 Å². The van der Waals surface area contributed by atoms with Crippen molar-refractivity contribution in [1.29, 1.82) is 0 Å². The third-order valence-electron chi connectivity index (χ3n) is 1.69. The van der Waals surface area contributed by atoms with Crippen molar-refractivity contribution < 1.29 is 4.79 Å². The van der Waals surface area contributed by atoms with Gasteiger partial charge in [-0.1, -0.05) is 12.8 Å². The number of hydrogen-bond donors (Lipinski definition) is 1. The van der Waals surface area contributed by atoms with E-state index in [2.05, 4.69) is 5.32 Å². The molecular formula is C6H11N2O. The number of carbonyl (C=O) groups is 1. The average Bonchev–Trinajstić information content (AvgIpc) is 2.15. The number of rotatable bonds is 1. The first kappa shape index (κ1) is 6.39. The molecule has 1 fully saturated rings. The van der Waals surface area contributed by atoms with Gasteiger partial charge in [0.05, 0.1) is 0 Å². The first-order chi connectivity index (χ1) is 4.29. The minimum atomic E-state index is -0.637. The van der Waals surface area contributed by atoms with Crippen molar-refractivity contribution in [3.63, 3.8) is 0 Å². The van der Waals surface area contributed by atoms with E-state index in [1.165, 1.54) is 12.8 Å². The Hall–Kier alpha value is -0.730. The minimum absolute atomic E-state index is 0.301. The van der Waals surface area contributed by atoms with Gasteiger partial charge in [-0.05, 0) is 12.8 Å². The number of carbonyl (C=O) groups excluding carboxylic acids is 1. The van der Waals surface area contributed by atoms with Crippen LogP contribution in [0.4, 0.5) is 4.79 Å². The summed E-state index contributed by atoms with van der Waals surface area (Å²) in [7, 11) is 0. The zero-order valence-corrected chi connectivity index (χ0v) is 5.31. The van der Waals surface area contributed by atoms with Crippen LogP contribution in [0.2, 0.25) is 0 Å². The van der Waals surface area contributed by atoms with Crippen molar-refractivity contribution in [1.82, 2.24) is 11.1 Å². The topological polar surface area (TPSA) is 52.9 Å². The summed E-state index contributed by atoms with van der Waals surface area (Å²) >= 11 is 0. The first-order valence-electron chi connectivity index (χ1n) is 3.31. The van der Waals surface area contributed by atoms with Gasteiger partial charge in [-0.3, -0.25) is 0 Å². The maximum Gasteiger partial charge on any atom is 0.333 e. The van der Waals surface area contributed by atoms with Gasteiger partial charge >= 0.3 is 6.03 Å². The SMILES string of the molecule is [NH]C(=O)NC1CCCC1. The lowest BCUT2D eigenvalue weighted by Gasteiger charge is -2.06. The van der Waals surface area contributed by atoms with Crippen LogP contribution in [-0.4, -0.2) is 12.1 Å². The van der Waals surface area contributed by atoms with Gasteiger partial charge in [0.15, 0.2) is 0 Å². The zero-order chi connectivity index (χ0) is 6.69. The molecule has 0 unspecified atom stereocenters. The molecule has 0 heterocycles. The Morgan fingerprint density at radius 2 is 2.00 bits per heavy atom. The van der Waals surface area contributed by atoms with Crippen molar-refractivity contribution in [2.75, 3.05) is 0 Å². The van der Waals surface area contributed by atoms with Crippen LogP contribution in [0.3, 0.4) is 0 Å². The Bertz CT molecular complexity index is 108. The van der Waals surface area contributed by atoms with E-state index in [1.54, 1.807) is 0 Å². The molecule has 0 aliphatic heterocycles. The van der Waals surface area contributed by atoms with Crippen LogP contribution in [0.5, 0.6) is 0 Å². The molecule has 0 aromatic rings. The van der Waals surface area contributed by atoms with E-state index in [-0.39, 0.29) is 0 Å². The molecule has 51 valence electrons. The molecule has 1 aliphatic carbocycles. The van der Waals surface area contributed by atoms with E-state index in [1.807, 2.05) is 0 Å². The summed E-state index contributed by atoms with van der Waals surface area (Å²) in [6.07, 6.45) is 4.52. The molecule has 2 N–H and O–H groups in total. The summed E-state index contributed by atoms with van der Waals surface area (Å²) in [5.41, 5.74) is 6.59. The van der Waals surface area contributed by atoms with Crippen LogP contribution in [0.1, 0.15) is 25.7 Å². The highest BCUT2D eigenvalue weighted by Gasteiger charge is 2.15. The largest absolute Gasteiger partial charge is 0.334 e. The number of nitrogens with one attached hydrogen (secondary N) is 2. The lowest BCUT2D eigenvalue weighted by molar-refractivity contribution is 0.244. The van der Waals surface area contributed by atoms with Gasteiger partial charge in [-0.25, -0.2) is 10.5 Å². The molecule has 2 amide bonds. The van der Waals surface area contributed by atoms with Gasteiger partial charge in [-0.2, -0.15) is 0 Å². The monoisotopic (exact) mass is 127 g/mol. The number of amides is 2. The fourth-order valence-electron chi connectivity index (χ4n) is 1.26. The minimum Gasteiger partial charge on any atom is -0.334 e. The quantitative estimate of drug-likeness (QED) is 0.559. The lowest BCUT2D eigenvalue weighted by Crippen LogP contribution is -2.31. The second-order valence-electron chi connectivity index (χ2n) is 2.45. The second-order valence-corrected chi connectivity index (χ2v) is 2.45. The molecule has 0 aromatic heterocycles. The Balaban J connectivity index is 2.19. The Morgan fingerprint density at radius 1 is 1.44 bits per heavy atom. The van der Waals surface area contributed by atoms with Crippen molar-refractivity contribution in [3.05, 3.63) is 0 Å². The number of hydrogen-bond acceptors (Lipinski definition) is 1. The average molecular weight is 127 g/mol. The fraction of sp³-hybridized carbons (Fsp3) is 0.833. The van der Waals surface area contributed by atoms with Crippen LogP contribution in [-0.2, 0) is 0 Å². The Labute approximate surface area is 54.6 Å². The Kier molecular flexibility index (Phi) is 1.92. The third-order valence-corrected chi connectivity index (χ3v) is 1.69. The van der Waals surface area contributed by atoms with Gasteiger partial charge in [0.2, 0.25) is 0 Å². The molecule has 1 saturated carbocycles. The van der Waals surface area contributed by atoms with E-state index in [4.69, 9.17) is 5.73 Å². The van der Waals surface area contributed by atoms with Crippen LogP contribution in [0.15, 0.2) is 0 Å². The van der Waals surface area contributed by atoms with Gasteiger partial charge in [0.25, 0.3) is 0 Å². The van der Waals surface area contributed by atoms with Crippen LogP contribution >= 0.6 is 0 Å². The lowest BCUT2D eigenvalue weighted by atomic mass is 10.3. The first-order valence-corrected chi connectivity index (χ1v) is 3.31. The zero-order valence-electron chi connectivity index (χ0n) is 5.31. The highest BCUT2D eigenvalue weighted by Crippen LogP contribution is 2.17. The maximum atomic E-state index is 10.2. The molecule has 3 nitrogen and oxygen atoms in total. The molecule has 1 rings (SSSR count). The van der Waals surface area contributed by atoms with Crippen molar-refractivity contribution in [2.24, 2.45) is 0 Å². The van der Waals surface area contributed by atoms with Crippen molar-refractivity contribution in [2.45, 2.75) is 31.7 Å². The molecular weight excluding hydrogens is 116 g/mol. The highest BCUT2D eigenvalue weighted by atomic mass is 16.2. The standard InChI is InChI=1S/C6H11N2O/c7-6(9)8-5-3-1-2-4-5/h5,7H,1-4H2,(H,8,9). The number of urea groups is 1. The Morgan fingerprint density at radius 3 is 2.44 bits per heavy atom. The van der Waals surface area contributed by atoms with Crippen molar-refractivity contribution >= 4 is 6.03 Å².